The summed E-state index contributed by atoms with van der Waals surface area (Å²) < 4.78 is 5.17. The standard InChI is InChI=1S/C16H19NO6/c18-14(19)7-6-12-8-13(15(20)21)17(9-12)16(22)23-10-11-4-2-1-3-5-11/h1-5,12-13H,6-10H2,(H,18,19)(H,20,21)/t12-,13-/m1/s1. The van der Waals surface area contributed by atoms with Crippen LogP contribution in [0.1, 0.15) is 24.8 Å². The van der Waals surface area contributed by atoms with Crippen LogP contribution in [0.25, 0.3) is 0 Å². The Morgan fingerprint density at radius 3 is 2.48 bits per heavy atom. The summed E-state index contributed by atoms with van der Waals surface area (Å²) in [6.07, 6.45) is -0.117. The third-order valence-corrected chi connectivity index (χ3v) is 3.88. The van der Waals surface area contributed by atoms with E-state index in [4.69, 9.17) is 9.84 Å². The van der Waals surface area contributed by atoms with Crippen molar-refractivity contribution in [3.05, 3.63) is 35.9 Å². The Labute approximate surface area is 133 Å². The van der Waals surface area contributed by atoms with Crippen LogP contribution in [0.4, 0.5) is 4.79 Å². The molecule has 7 nitrogen and oxygen atoms in total. The molecule has 124 valence electrons. The first-order valence-electron chi connectivity index (χ1n) is 7.39. The number of carboxylic acid groups (broad SMARTS) is 2. The number of carbonyl (C=O) groups excluding carboxylic acids is 1. The summed E-state index contributed by atoms with van der Waals surface area (Å²) in [5, 5.41) is 18.0. The SMILES string of the molecule is O=C(O)CC[C@@H]1C[C@H](C(=O)O)N(C(=O)OCc2ccccc2)C1. The van der Waals surface area contributed by atoms with Crippen LogP contribution in [0.5, 0.6) is 0 Å². The number of nitrogens with zero attached hydrogens (tertiary/aromatic N) is 1. The fraction of sp³-hybridized carbons (Fsp3) is 0.438. The number of amides is 1. The van der Waals surface area contributed by atoms with Gasteiger partial charge in [-0.1, -0.05) is 30.3 Å². The van der Waals surface area contributed by atoms with Crippen molar-refractivity contribution in [1.82, 2.24) is 4.90 Å². The van der Waals surface area contributed by atoms with E-state index in [1.165, 1.54) is 4.90 Å². The lowest BCUT2D eigenvalue weighted by atomic mass is 10.00. The summed E-state index contributed by atoms with van der Waals surface area (Å²) in [5.41, 5.74) is 0.814. The third kappa shape index (κ3) is 4.70. The monoisotopic (exact) mass is 321 g/mol. The van der Waals surface area contributed by atoms with Crippen LogP contribution in [0.3, 0.4) is 0 Å². The zero-order valence-electron chi connectivity index (χ0n) is 12.6. The van der Waals surface area contributed by atoms with Crippen molar-refractivity contribution in [2.75, 3.05) is 6.54 Å². The summed E-state index contributed by atoms with van der Waals surface area (Å²) in [7, 11) is 0. The number of benzene rings is 1. The number of carboxylic acids is 2. The van der Waals surface area contributed by atoms with Crippen LogP contribution in [0.15, 0.2) is 30.3 Å². The Balaban J connectivity index is 1.93. The van der Waals surface area contributed by atoms with Gasteiger partial charge in [0, 0.05) is 13.0 Å². The molecule has 1 aliphatic heterocycles. The van der Waals surface area contributed by atoms with Crippen molar-refractivity contribution in [3.8, 4) is 0 Å². The number of hydrogen-bond acceptors (Lipinski definition) is 4. The summed E-state index contributed by atoms with van der Waals surface area (Å²) in [6, 6.07) is 8.14. The second-order valence-electron chi connectivity index (χ2n) is 5.58. The molecule has 1 aromatic rings. The first-order valence-corrected chi connectivity index (χ1v) is 7.39. The summed E-state index contributed by atoms with van der Waals surface area (Å²) in [6.45, 7) is 0.278. The Morgan fingerprint density at radius 1 is 1.17 bits per heavy atom. The van der Waals surface area contributed by atoms with E-state index in [1.54, 1.807) is 0 Å². The van der Waals surface area contributed by atoms with Crippen molar-refractivity contribution >= 4 is 18.0 Å². The molecule has 7 heteroatoms. The summed E-state index contributed by atoms with van der Waals surface area (Å²) in [4.78, 5) is 35.3. The Bertz CT molecular complexity index is 573. The average molecular weight is 321 g/mol. The molecule has 0 aliphatic carbocycles. The van der Waals surface area contributed by atoms with E-state index >= 15 is 0 Å². The fourth-order valence-corrected chi connectivity index (χ4v) is 2.70. The Morgan fingerprint density at radius 2 is 1.87 bits per heavy atom. The normalized spacial score (nSPS) is 20.3. The molecule has 0 saturated carbocycles. The molecule has 2 N–H and O–H groups in total. The van der Waals surface area contributed by atoms with Gasteiger partial charge in [-0.3, -0.25) is 9.69 Å². The van der Waals surface area contributed by atoms with Crippen LogP contribution in [0.2, 0.25) is 0 Å². The Kier molecular flexibility index (Phi) is 5.56. The van der Waals surface area contributed by atoms with Gasteiger partial charge in [0.05, 0.1) is 0 Å². The minimum atomic E-state index is -1.10. The van der Waals surface area contributed by atoms with Crippen LogP contribution >= 0.6 is 0 Å². The lowest BCUT2D eigenvalue weighted by Crippen LogP contribution is -2.40. The van der Waals surface area contributed by atoms with E-state index < -0.39 is 24.1 Å². The molecule has 0 spiro atoms. The molecule has 0 bridgehead atoms. The summed E-state index contributed by atoms with van der Waals surface area (Å²) >= 11 is 0. The summed E-state index contributed by atoms with van der Waals surface area (Å²) in [5.74, 6) is -2.17. The molecule has 0 unspecified atom stereocenters. The number of ether oxygens (including phenoxy) is 1. The van der Waals surface area contributed by atoms with Crippen molar-refractivity contribution in [2.24, 2.45) is 5.92 Å². The topological polar surface area (TPSA) is 104 Å². The van der Waals surface area contributed by atoms with Gasteiger partial charge < -0.3 is 14.9 Å². The predicted octanol–water partition coefficient (Wildman–Crippen LogP) is 1.96. The van der Waals surface area contributed by atoms with Crippen molar-refractivity contribution < 1.29 is 29.3 Å². The largest absolute Gasteiger partial charge is 0.481 e. The van der Waals surface area contributed by atoms with Gasteiger partial charge in [0.2, 0.25) is 0 Å². The minimum absolute atomic E-state index is 0.0378. The van der Waals surface area contributed by atoms with Gasteiger partial charge in [-0.15, -0.1) is 0 Å². The highest BCUT2D eigenvalue weighted by Gasteiger charge is 2.40. The number of aliphatic carboxylic acids is 2. The molecular formula is C16H19NO6. The lowest BCUT2D eigenvalue weighted by molar-refractivity contribution is -0.141. The number of hydrogen-bond donors (Lipinski definition) is 2. The second kappa shape index (κ2) is 7.62. The molecule has 1 heterocycles. The number of rotatable bonds is 6. The van der Waals surface area contributed by atoms with Crippen molar-refractivity contribution in [2.45, 2.75) is 31.9 Å². The minimum Gasteiger partial charge on any atom is -0.481 e. The fourth-order valence-electron chi connectivity index (χ4n) is 2.70. The van der Waals surface area contributed by atoms with E-state index in [-0.39, 0.29) is 31.9 Å². The Hall–Kier alpha value is -2.57. The predicted molar refractivity (Wildman–Crippen MR) is 79.7 cm³/mol. The van der Waals surface area contributed by atoms with E-state index in [9.17, 15) is 19.5 Å². The van der Waals surface area contributed by atoms with Crippen LogP contribution in [0, 0.1) is 5.92 Å². The third-order valence-electron chi connectivity index (χ3n) is 3.88. The van der Waals surface area contributed by atoms with Crippen LogP contribution in [-0.2, 0) is 20.9 Å². The maximum atomic E-state index is 12.1. The molecule has 0 radical (unpaired) electrons. The van der Waals surface area contributed by atoms with Crippen molar-refractivity contribution in [3.63, 3.8) is 0 Å². The number of likely N-dealkylation sites (tertiary alicyclic amines) is 1. The second-order valence-corrected chi connectivity index (χ2v) is 5.58. The van der Waals surface area contributed by atoms with Gasteiger partial charge in [-0.2, -0.15) is 0 Å². The number of carbonyl (C=O) groups is 3. The molecule has 1 aliphatic rings. The molecular weight excluding hydrogens is 302 g/mol. The van der Waals surface area contributed by atoms with Crippen LogP contribution in [-0.4, -0.2) is 45.7 Å². The lowest BCUT2D eigenvalue weighted by Gasteiger charge is -2.20. The van der Waals surface area contributed by atoms with E-state index in [1.807, 2.05) is 30.3 Å². The highest BCUT2D eigenvalue weighted by molar-refractivity contribution is 5.80. The van der Waals surface area contributed by atoms with Gasteiger partial charge in [0.15, 0.2) is 0 Å². The van der Waals surface area contributed by atoms with Gasteiger partial charge in [-0.05, 0) is 24.3 Å². The molecule has 1 aromatic carbocycles. The first-order chi connectivity index (χ1) is 11.0. The maximum Gasteiger partial charge on any atom is 0.410 e. The zero-order valence-corrected chi connectivity index (χ0v) is 12.6. The molecule has 1 fully saturated rings. The van der Waals surface area contributed by atoms with Gasteiger partial charge in [0.1, 0.15) is 12.6 Å². The highest BCUT2D eigenvalue weighted by atomic mass is 16.6. The van der Waals surface area contributed by atoms with Gasteiger partial charge >= 0.3 is 18.0 Å². The average Bonchev–Trinajstić information content (AvgIpc) is 2.96. The molecule has 2 atom stereocenters. The quantitative estimate of drug-likeness (QED) is 0.830. The smallest absolute Gasteiger partial charge is 0.410 e. The molecule has 0 aromatic heterocycles. The van der Waals surface area contributed by atoms with E-state index in [0.717, 1.165) is 5.56 Å². The van der Waals surface area contributed by atoms with Gasteiger partial charge in [-0.25, -0.2) is 9.59 Å². The maximum absolute atomic E-state index is 12.1. The molecule has 1 saturated heterocycles. The zero-order chi connectivity index (χ0) is 16.8. The molecule has 23 heavy (non-hydrogen) atoms. The highest BCUT2D eigenvalue weighted by Crippen LogP contribution is 2.28. The van der Waals surface area contributed by atoms with E-state index in [2.05, 4.69) is 0 Å². The van der Waals surface area contributed by atoms with Gasteiger partial charge in [0.25, 0.3) is 0 Å². The molecule has 2 rings (SSSR count). The van der Waals surface area contributed by atoms with Crippen LogP contribution < -0.4 is 0 Å². The first kappa shape index (κ1) is 16.8. The van der Waals surface area contributed by atoms with Crippen molar-refractivity contribution in [1.29, 1.82) is 0 Å². The molecule has 1 amide bonds. The van der Waals surface area contributed by atoms with E-state index in [0.29, 0.717) is 6.42 Å².